The number of hydrogen-bond acceptors (Lipinski definition) is 1. The fourth-order valence-electron chi connectivity index (χ4n) is 1.92. The summed E-state index contributed by atoms with van der Waals surface area (Å²) >= 11 is 0. The molecule has 0 aliphatic rings. The van der Waals surface area contributed by atoms with Crippen molar-refractivity contribution in [2.45, 2.75) is 33.1 Å². The highest BCUT2D eigenvalue weighted by molar-refractivity contribution is 5.82. The Kier molecular flexibility index (Phi) is 2.70. The van der Waals surface area contributed by atoms with E-state index in [0.29, 0.717) is 11.4 Å². The molecule has 0 aliphatic heterocycles. The van der Waals surface area contributed by atoms with E-state index in [1.54, 1.807) is 10.7 Å². The summed E-state index contributed by atoms with van der Waals surface area (Å²) in [6.07, 6.45) is 1.02. The first-order valence-corrected chi connectivity index (χ1v) is 5.67. The summed E-state index contributed by atoms with van der Waals surface area (Å²) in [5, 5.41) is 5.11. The monoisotopic (exact) mass is 220 g/mol. The maximum absolute atomic E-state index is 13.9. The average molecular weight is 220 g/mol. The maximum atomic E-state index is 13.9. The fourth-order valence-corrected chi connectivity index (χ4v) is 1.92. The highest BCUT2D eigenvalue weighted by atomic mass is 19.1. The SMILES string of the molecule is CCC(C)c1cc(F)c2nn(C)c(C)c2c1. The van der Waals surface area contributed by atoms with Crippen molar-refractivity contribution in [1.82, 2.24) is 9.78 Å². The van der Waals surface area contributed by atoms with Gasteiger partial charge in [0, 0.05) is 18.1 Å². The van der Waals surface area contributed by atoms with Crippen LogP contribution >= 0.6 is 0 Å². The van der Waals surface area contributed by atoms with Crippen LogP contribution in [0.1, 0.15) is 37.4 Å². The van der Waals surface area contributed by atoms with Gasteiger partial charge in [0.15, 0.2) is 5.82 Å². The smallest absolute Gasteiger partial charge is 0.151 e. The van der Waals surface area contributed by atoms with Gasteiger partial charge in [0.1, 0.15) is 5.52 Å². The summed E-state index contributed by atoms with van der Waals surface area (Å²) in [6.45, 7) is 6.20. The molecule has 16 heavy (non-hydrogen) atoms. The zero-order valence-electron chi connectivity index (χ0n) is 10.2. The number of fused-ring (bicyclic) bond motifs is 1. The Hall–Kier alpha value is -1.38. The molecule has 2 aromatic rings. The van der Waals surface area contributed by atoms with Crippen molar-refractivity contribution in [3.63, 3.8) is 0 Å². The van der Waals surface area contributed by atoms with Gasteiger partial charge in [-0.3, -0.25) is 4.68 Å². The molecule has 1 aromatic heterocycles. The van der Waals surface area contributed by atoms with Gasteiger partial charge in [0.25, 0.3) is 0 Å². The second kappa shape index (κ2) is 3.89. The quantitative estimate of drug-likeness (QED) is 0.757. The van der Waals surface area contributed by atoms with E-state index >= 15 is 0 Å². The molecule has 3 heteroatoms. The predicted molar refractivity (Wildman–Crippen MR) is 64.1 cm³/mol. The van der Waals surface area contributed by atoms with E-state index in [1.165, 1.54) is 0 Å². The first-order chi connectivity index (χ1) is 7.54. The zero-order valence-corrected chi connectivity index (χ0v) is 10.2. The molecule has 86 valence electrons. The van der Waals surface area contributed by atoms with Gasteiger partial charge in [-0.05, 0) is 37.0 Å². The van der Waals surface area contributed by atoms with Crippen molar-refractivity contribution >= 4 is 10.9 Å². The molecule has 0 spiro atoms. The van der Waals surface area contributed by atoms with Gasteiger partial charge in [-0.2, -0.15) is 5.10 Å². The highest BCUT2D eigenvalue weighted by Crippen LogP contribution is 2.27. The molecule has 1 atom stereocenters. The van der Waals surface area contributed by atoms with E-state index in [1.807, 2.05) is 14.0 Å². The number of benzene rings is 1. The number of aromatic nitrogens is 2. The van der Waals surface area contributed by atoms with Crippen LogP contribution in [0.15, 0.2) is 12.1 Å². The molecule has 0 N–H and O–H groups in total. The van der Waals surface area contributed by atoms with E-state index in [2.05, 4.69) is 25.0 Å². The van der Waals surface area contributed by atoms with Crippen molar-refractivity contribution in [1.29, 1.82) is 0 Å². The van der Waals surface area contributed by atoms with Crippen LogP contribution in [0.5, 0.6) is 0 Å². The van der Waals surface area contributed by atoms with Gasteiger partial charge in [-0.1, -0.05) is 13.8 Å². The van der Waals surface area contributed by atoms with E-state index in [9.17, 15) is 4.39 Å². The standard InChI is InChI=1S/C13H17FN2/c1-5-8(2)10-6-11-9(3)16(4)15-13(11)12(14)7-10/h6-8H,5H2,1-4H3. The van der Waals surface area contributed by atoms with Gasteiger partial charge in [-0.25, -0.2) is 4.39 Å². The molecule has 0 saturated heterocycles. The number of hydrogen-bond donors (Lipinski definition) is 0. The van der Waals surface area contributed by atoms with Crippen LogP contribution in [-0.4, -0.2) is 9.78 Å². The van der Waals surface area contributed by atoms with Crippen LogP contribution in [0.25, 0.3) is 10.9 Å². The van der Waals surface area contributed by atoms with Crippen molar-refractivity contribution in [3.05, 3.63) is 29.2 Å². The summed E-state index contributed by atoms with van der Waals surface area (Å²) < 4.78 is 15.6. The number of aryl methyl sites for hydroxylation is 2. The molecule has 0 aliphatic carbocycles. The Morgan fingerprint density at radius 2 is 2.12 bits per heavy atom. The lowest BCUT2D eigenvalue weighted by Gasteiger charge is -2.09. The molecule has 0 fully saturated rings. The minimum atomic E-state index is -0.212. The third kappa shape index (κ3) is 1.60. The summed E-state index contributed by atoms with van der Waals surface area (Å²) in [6, 6.07) is 3.68. The molecular formula is C13H17FN2. The summed E-state index contributed by atoms with van der Waals surface area (Å²) in [5.41, 5.74) is 2.55. The van der Waals surface area contributed by atoms with Crippen molar-refractivity contribution in [2.24, 2.45) is 7.05 Å². The molecule has 1 aromatic carbocycles. The maximum Gasteiger partial charge on any atom is 0.151 e. The van der Waals surface area contributed by atoms with Crippen LogP contribution in [-0.2, 0) is 7.05 Å². The van der Waals surface area contributed by atoms with E-state index in [4.69, 9.17) is 0 Å². The molecule has 0 bridgehead atoms. The van der Waals surface area contributed by atoms with Crippen molar-refractivity contribution in [2.75, 3.05) is 0 Å². The largest absolute Gasteiger partial charge is 0.272 e. The first kappa shape index (κ1) is 11.1. The Balaban J connectivity index is 2.70. The van der Waals surface area contributed by atoms with Crippen LogP contribution in [0.3, 0.4) is 0 Å². The van der Waals surface area contributed by atoms with Gasteiger partial charge >= 0.3 is 0 Å². The zero-order chi connectivity index (χ0) is 11.9. The molecule has 2 rings (SSSR count). The molecule has 2 nitrogen and oxygen atoms in total. The van der Waals surface area contributed by atoms with Crippen LogP contribution in [0, 0.1) is 12.7 Å². The van der Waals surface area contributed by atoms with Gasteiger partial charge < -0.3 is 0 Å². The topological polar surface area (TPSA) is 17.8 Å². The van der Waals surface area contributed by atoms with Crippen molar-refractivity contribution < 1.29 is 4.39 Å². The van der Waals surface area contributed by atoms with E-state index < -0.39 is 0 Å². The summed E-state index contributed by atoms with van der Waals surface area (Å²) in [5.74, 6) is 0.176. The lowest BCUT2D eigenvalue weighted by molar-refractivity contribution is 0.625. The Labute approximate surface area is 95.1 Å². The Bertz CT molecular complexity index is 528. The van der Waals surface area contributed by atoms with Crippen LogP contribution < -0.4 is 0 Å². The molecule has 0 saturated carbocycles. The molecule has 0 radical (unpaired) electrons. The van der Waals surface area contributed by atoms with Gasteiger partial charge in [0.2, 0.25) is 0 Å². The van der Waals surface area contributed by atoms with Crippen LogP contribution in [0.2, 0.25) is 0 Å². The van der Waals surface area contributed by atoms with E-state index in [-0.39, 0.29) is 5.82 Å². The number of rotatable bonds is 2. The fraction of sp³-hybridized carbons (Fsp3) is 0.462. The van der Waals surface area contributed by atoms with Gasteiger partial charge in [-0.15, -0.1) is 0 Å². The van der Waals surface area contributed by atoms with Crippen molar-refractivity contribution in [3.8, 4) is 0 Å². The summed E-state index contributed by atoms with van der Waals surface area (Å²) in [7, 11) is 1.84. The predicted octanol–water partition coefficient (Wildman–Crippen LogP) is 3.53. The van der Waals surface area contributed by atoms with Gasteiger partial charge in [0.05, 0.1) is 0 Å². The minimum absolute atomic E-state index is 0.212. The molecule has 0 amide bonds. The normalized spacial score (nSPS) is 13.3. The first-order valence-electron chi connectivity index (χ1n) is 5.67. The third-order valence-electron chi connectivity index (χ3n) is 3.39. The molecular weight excluding hydrogens is 203 g/mol. The van der Waals surface area contributed by atoms with E-state index in [0.717, 1.165) is 23.1 Å². The van der Waals surface area contributed by atoms with Crippen LogP contribution in [0.4, 0.5) is 4.39 Å². The minimum Gasteiger partial charge on any atom is -0.272 e. The second-order valence-electron chi connectivity index (χ2n) is 4.42. The lowest BCUT2D eigenvalue weighted by atomic mass is 9.97. The molecule has 1 unspecified atom stereocenters. The third-order valence-corrected chi connectivity index (χ3v) is 3.39. The average Bonchev–Trinajstić information content (AvgIpc) is 2.56. The lowest BCUT2D eigenvalue weighted by Crippen LogP contribution is -1.93. The Morgan fingerprint density at radius 1 is 1.44 bits per heavy atom. The summed E-state index contributed by atoms with van der Waals surface area (Å²) in [4.78, 5) is 0. The number of nitrogens with zero attached hydrogens (tertiary/aromatic N) is 2. The highest BCUT2D eigenvalue weighted by Gasteiger charge is 2.13. The Morgan fingerprint density at radius 3 is 2.75 bits per heavy atom. The molecule has 1 heterocycles. The number of halogens is 1. The second-order valence-corrected chi connectivity index (χ2v) is 4.42.